The molecule has 0 aliphatic rings. The van der Waals surface area contributed by atoms with Gasteiger partial charge in [0.1, 0.15) is 5.82 Å². The quantitative estimate of drug-likeness (QED) is 0.594. The average Bonchev–Trinajstić information content (AvgIpc) is 3.11. The number of hydrogen-bond donors (Lipinski definition) is 1. The molecule has 1 aromatic heterocycles. The molecule has 6 nitrogen and oxygen atoms in total. The lowest BCUT2D eigenvalue weighted by molar-refractivity contribution is 0.0950. The Morgan fingerprint density at radius 3 is 2.34 bits per heavy atom. The number of rotatable bonds is 8. The SMILES string of the molecule is COCc1c(C(=O)NCc2cc(OC)c(OC)c(OC)c2)sc2cccc(F)c12. The molecule has 0 saturated carbocycles. The van der Waals surface area contributed by atoms with Crippen LogP contribution in [-0.2, 0) is 17.9 Å². The number of methoxy groups -OCH3 is 4. The molecule has 8 heteroatoms. The summed E-state index contributed by atoms with van der Waals surface area (Å²) in [7, 11) is 6.10. The van der Waals surface area contributed by atoms with E-state index in [2.05, 4.69) is 5.32 Å². The fourth-order valence-electron chi connectivity index (χ4n) is 3.13. The molecule has 0 spiro atoms. The molecule has 0 bridgehead atoms. The molecule has 0 aliphatic carbocycles. The summed E-state index contributed by atoms with van der Waals surface area (Å²) in [6, 6.07) is 8.33. The van der Waals surface area contributed by atoms with Gasteiger partial charge in [0.15, 0.2) is 11.5 Å². The maximum Gasteiger partial charge on any atom is 0.262 e. The van der Waals surface area contributed by atoms with Crippen molar-refractivity contribution in [2.45, 2.75) is 13.2 Å². The molecule has 0 fully saturated rings. The molecule has 1 heterocycles. The Hall–Kier alpha value is -2.84. The molecule has 3 rings (SSSR count). The van der Waals surface area contributed by atoms with Crippen molar-refractivity contribution in [3.05, 3.63) is 52.2 Å². The third kappa shape index (κ3) is 4.13. The van der Waals surface area contributed by atoms with Crippen LogP contribution in [0.15, 0.2) is 30.3 Å². The Kier molecular flexibility index (Phi) is 6.56. The van der Waals surface area contributed by atoms with E-state index >= 15 is 0 Å². The van der Waals surface area contributed by atoms with Gasteiger partial charge in [-0.2, -0.15) is 0 Å². The highest BCUT2D eigenvalue weighted by atomic mass is 32.1. The van der Waals surface area contributed by atoms with Gasteiger partial charge in [-0.1, -0.05) is 6.07 Å². The minimum Gasteiger partial charge on any atom is -0.493 e. The molecule has 0 unspecified atom stereocenters. The van der Waals surface area contributed by atoms with Crippen LogP contribution in [0.2, 0.25) is 0 Å². The maximum absolute atomic E-state index is 14.3. The third-order valence-corrected chi connectivity index (χ3v) is 5.63. The van der Waals surface area contributed by atoms with Gasteiger partial charge >= 0.3 is 0 Å². The number of halogens is 1. The normalized spacial score (nSPS) is 10.8. The van der Waals surface area contributed by atoms with Crippen molar-refractivity contribution in [3.63, 3.8) is 0 Å². The highest BCUT2D eigenvalue weighted by molar-refractivity contribution is 7.21. The second kappa shape index (κ2) is 9.11. The van der Waals surface area contributed by atoms with E-state index in [9.17, 15) is 9.18 Å². The first kappa shape index (κ1) is 20.9. The van der Waals surface area contributed by atoms with E-state index in [1.807, 2.05) is 0 Å². The predicted octanol–water partition coefficient (Wildman–Crippen LogP) is 4.14. The molecule has 0 radical (unpaired) electrons. The maximum atomic E-state index is 14.3. The Bertz CT molecular complexity index is 1010. The monoisotopic (exact) mass is 419 g/mol. The van der Waals surface area contributed by atoms with Crippen molar-refractivity contribution in [2.24, 2.45) is 0 Å². The van der Waals surface area contributed by atoms with Gasteiger partial charge < -0.3 is 24.3 Å². The van der Waals surface area contributed by atoms with Crippen molar-refractivity contribution >= 4 is 27.3 Å². The molecule has 0 aliphatic heterocycles. The van der Waals surface area contributed by atoms with Crippen molar-refractivity contribution in [1.82, 2.24) is 5.32 Å². The number of fused-ring (bicyclic) bond motifs is 1. The van der Waals surface area contributed by atoms with Crippen LogP contribution < -0.4 is 19.5 Å². The lowest BCUT2D eigenvalue weighted by Gasteiger charge is -2.14. The highest BCUT2D eigenvalue weighted by Gasteiger charge is 2.21. The highest BCUT2D eigenvalue weighted by Crippen LogP contribution is 2.38. The zero-order valence-electron chi connectivity index (χ0n) is 16.6. The molecule has 1 N–H and O–H groups in total. The third-order valence-electron chi connectivity index (χ3n) is 4.44. The Balaban J connectivity index is 1.88. The van der Waals surface area contributed by atoms with Crippen LogP contribution in [0.25, 0.3) is 10.1 Å². The minimum absolute atomic E-state index is 0.147. The number of carbonyl (C=O) groups excluding carboxylic acids is 1. The summed E-state index contributed by atoms with van der Waals surface area (Å²) in [5.41, 5.74) is 1.32. The van der Waals surface area contributed by atoms with Gasteiger partial charge in [-0.3, -0.25) is 4.79 Å². The lowest BCUT2D eigenvalue weighted by Crippen LogP contribution is -2.23. The van der Waals surface area contributed by atoms with E-state index in [-0.39, 0.29) is 24.9 Å². The molecular weight excluding hydrogens is 397 g/mol. The Morgan fingerprint density at radius 2 is 1.76 bits per heavy atom. The van der Waals surface area contributed by atoms with E-state index in [1.54, 1.807) is 24.3 Å². The molecule has 3 aromatic rings. The summed E-state index contributed by atoms with van der Waals surface area (Å²) in [4.78, 5) is 13.3. The zero-order chi connectivity index (χ0) is 21.0. The summed E-state index contributed by atoms with van der Waals surface area (Å²) in [6.45, 7) is 0.382. The summed E-state index contributed by atoms with van der Waals surface area (Å²) in [5.74, 6) is 0.813. The van der Waals surface area contributed by atoms with Crippen LogP contribution in [0.3, 0.4) is 0 Å². The molecule has 29 heavy (non-hydrogen) atoms. The smallest absolute Gasteiger partial charge is 0.262 e. The molecule has 1 amide bonds. The van der Waals surface area contributed by atoms with Crippen LogP contribution in [0, 0.1) is 5.82 Å². The summed E-state index contributed by atoms with van der Waals surface area (Å²) < 4.78 is 36.2. The van der Waals surface area contributed by atoms with Crippen LogP contribution in [-0.4, -0.2) is 34.3 Å². The first-order valence-electron chi connectivity index (χ1n) is 8.79. The summed E-state index contributed by atoms with van der Waals surface area (Å²) >= 11 is 1.24. The molecule has 154 valence electrons. The van der Waals surface area contributed by atoms with Gasteiger partial charge in [-0.05, 0) is 29.8 Å². The zero-order valence-corrected chi connectivity index (χ0v) is 17.4. The van der Waals surface area contributed by atoms with Crippen molar-refractivity contribution in [1.29, 1.82) is 0 Å². The number of thiophene rings is 1. The number of benzene rings is 2. The van der Waals surface area contributed by atoms with E-state index in [1.165, 1.54) is 45.8 Å². The predicted molar refractivity (Wildman–Crippen MR) is 110 cm³/mol. The molecule has 2 aromatic carbocycles. The average molecular weight is 419 g/mol. The fraction of sp³-hybridized carbons (Fsp3) is 0.286. The first-order valence-corrected chi connectivity index (χ1v) is 9.61. The molecular formula is C21H22FNO5S. The number of ether oxygens (including phenoxy) is 4. The van der Waals surface area contributed by atoms with Gasteiger partial charge in [-0.25, -0.2) is 4.39 Å². The van der Waals surface area contributed by atoms with Crippen molar-refractivity contribution in [3.8, 4) is 17.2 Å². The van der Waals surface area contributed by atoms with Crippen molar-refractivity contribution in [2.75, 3.05) is 28.4 Å². The van der Waals surface area contributed by atoms with E-state index in [4.69, 9.17) is 18.9 Å². The molecule has 0 atom stereocenters. The second-order valence-electron chi connectivity index (χ2n) is 6.17. The second-order valence-corrected chi connectivity index (χ2v) is 7.22. The Labute approximate surface area is 172 Å². The minimum atomic E-state index is -0.366. The first-order chi connectivity index (χ1) is 14.0. The van der Waals surface area contributed by atoms with Gasteiger partial charge in [0.05, 0.1) is 32.8 Å². The lowest BCUT2D eigenvalue weighted by atomic mass is 10.1. The van der Waals surface area contributed by atoms with Crippen molar-refractivity contribution < 1.29 is 28.1 Å². The van der Waals surface area contributed by atoms with E-state index in [0.29, 0.717) is 37.8 Å². The van der Waals surface area contributed by atoms with Gasteiger partial charge in [-0.15, -0.1) is 11.3 Å². The van der Waals surface area contributed by atoms with Gasteiger partial charge in [0.25, 0.3) is 5.91 Å². The largest absolute Gasteiger partial charge is 0.493 e. The van der Waals surface area contributed by atoms with Gasteiger partial charge in [0.2, 0.25) is 5.75 Å². The van der Waals surface area contributed by atoms with Crippen LogP contribution in [0.1, 0.15) is 20.8 Å². The summed E-state index contributed by atoms with van der Waals surface area (Å²) in [6.07, 6.45) is 0. The van der Waals surface area contributed by atoms with Crippen LogP contribution >= 0.6 is 11.3 Å². The number of carbonyl (C=O) groups is 1. The standard InChI is InChI=1S/C21H22FNO5S/c1-25-11-13-18-14(22)6-5-7-17(18)29-20(13)21(24)23-10-12-8-15(26-2)19(28-4)16(9-12)27-3/h5-9H,10-11H2,1-4H3,(H,23,24). The number of amides is 1. The van der Waals surface area contributed by atoms with E-state index < -0.39 is 0 Å². The topological polar surface area (TPSA) is 66.0 Å². The summed E-state index contributed by atoms with van der Waals surface area (Å²) in [5, 5.41) is 3.30. The van der Waals surface area contributed by atoms with Crippen LogP contribution in [0.4, 0.5) is 4.39 Å². The number of nitrogens with one attached hydrogen (secondary N) is 1. The fourth-order valence-corrected chi connectivity index (χ4v) is 4.27. The van der Waals surface area contributed by atoms with Crippen LogP contribution in [0.5, 0.6) is 17.2 Å². The Morgan fingerprint density at radius 1 is 1.07 bits per heavy atom. The molecule has 0 saturated heterocycles. The number of hydrogen-bond acceptors (Lipinski definition) is 6. The van der Waals surface area contributed by atoms with E-state index in [0.717, 1.165) is 5.56 Å². The van der Waals surface area contributed by atoms with Gasteiger partial charge in [0, 0.05) is 29.3 Å².